The number of fused-ring (bicyclic) bond motifs is 1. The maximum atomic E-state index is 13.6. The van der Waals surface area contributed by atoms with Crippen molar-refractivity contribution in [1.82, 2.24) is 10.2 Å². The van der Waals surface area contributed by atoms with Crippen LogP contribution in [-0.2, 0) is 26.2 Å². The highest BCUT2D eigenvalue weighted by Gasteiger charge is 2.32. The van der Waals surface area contributed by atoms with E-state index >= 15 is 0 Å². The number of ether oxygens (including phenoxy) is 2. The first-order chi connectivity index (χ1) is 16.6. The third-order valence-electron chi connectivity index (χ3n) is 5.52. The molecule has 0 spiro atoms. The molecular formula is C24H30ClN3O6S. The van der Waals surface area contributed by atoms with Crippen molar-refractivity contribution in [3.05, 3.63) is 53.1 Å². The molecule has 0 unspecified atom stereocenters. The first-order valence-corrected chi connectivity index (χ1v) is 13.6. The van der Waals surface area contributed by atoms with Crippen molar-refractivity contribution in [3.8, 4) is 11.5 Å². The highest BCUT2D eigenvalue weighted by Crippen LogP contribution is 2.36. The zero-order chi connectivity index (χ0) is 25.6. The van der Waals surface area contributed by atoms with Gasteiger partial charge in [-0.3, -0.25) is 13.9 Å². The molecule has 0 aromatic heterocycles. The van der Waals surface area contributed by atoms with Crippen LogP contribution < -0.4 is 19.1 Å². The summed E-state index contributed by atoms with van der Waals surface area (Å²) in [5.41, 5.74) is 1.03. The summed E-state index contributed by atoms with van der Waals surface area (Å²) < 4.78 is 37.0. The van der Waals surface area contributed by atoms with Crippen molar-refractivity contribution < 1.29 is 27.5 Å². The minimum absolute atomic E-state index is 0.0382. The maximum absolute atomic E-state index is 13.6. The minimum Gasteiger partial charge on any atom is -0.454 e. The number of rotatable bonds is 11. The number of hydrogen-bond acceptors (Lipinski definition) is 6. The second kappa shape index (κ2) is 11.6. The third kappa shape index (κ3) is 6.79. The van der Waals surface area contributed by atoms with Gasteiger partial charge in [0.2, 0.25) is 28.6 Å². The number of carbonyl (C=O) groups is 2. The Morgan fingerprint density at radius 1 is 1.09 bits per heavy atom. The molecule has 1 atom stereocenters. The van der Waals surface area contributed by atoms with E-state index in [0.29, 0.717) is 29.5 Å². The number of halogens is 1. The molecule has 11 heteroatoms. The monoisotopic (exact) mass is 523 g/mol. The van der Waals surface area contributed by atoms with Crippen molar-refractivity contribution in [1.29, 1.82) is 0 Å². The molecule has 1 heterocycles. The summed E-state index contributed by atoms with van der Waals surface area (Å²) in [6.45, 7) is 3.90. The molecule has 3 rings (SSSR count). The zero-order valence-corrected chi connectivity index (χ0v) is 21.6. The van der Waals surface area contributed by atoms with E-state index in [1.165, 1.54) is 11.0 Å². The lowest BCUT2D eigenvalue weighted by Gasteiger charge is -2.33. The van der Waals surface area contributed by atoms with Crippen LogP contribution in [0, 0.1) is 0 Å². The average molecular weight is 524 g/mol. The van der Waals surface area contributed by atoms with Gasteiger partial charge in [0, 0.05) is 24.2 Å². The SMILES string of the molecule is CCCNC(=O)[C@@H](CC)N(Cc1ccc(Cl)cc1)C(=O)CN(c1ccc2c(c1)OCO2)S(C)(=O)=O. The van der Waals surface area contributed by atoms with Crippen molar-refractivity contribution >= 4 is 39.1 Å². The Morgan fingerprint density at radius 3 is 2.40 bits per heavy atom. The molecule has 0 saturated carbocycles. The van der Waals surface area contributed by atoms with Crippen LogP contribution >= 0.6 is 11.6 Å². The van der Waals surface area contributed by atoms with E-state index in [1.807, 2.05) is 13.8 Å². The van der Waals surface area contributed by atoms with Crippen LogP contribution in [0.1, 0.15) is 32.3 Å². The van der Waals surface area contributed by atoms with E-state index < -0.39 is 28.5 Å². The van der Waals surface area contributed by atoms with Crippen LogP contribution in [0.15, 0.2) is 42.5 Å². The summed E-state index contributed by atoms with van der Waals surface area (Å²) in [4.78, 5) is 27.9. The van der Waals surface area contributed by atoms with Gasteiger partial charge in [-0.2, -0.15) is 0 Å². The smallest absolute Gasteiger partial charge is 0.244 e. The van der Waals surface area contributed by atoms with E-state index in [1.54, 1.807) is 36.4 Å². The van der Waals surface area contributed by atoms with Crippen molar-refractivity contribution in [3.63, 3.8) is 0 Å². The van der Waals surface area contributed by atoms with Gasteiger partial charge < -0.3 is 19.7 Å². The molecule has 0 aliphatic carbocycles. The quantitative estimate of drug-likeness (QED) is 0.485. The molecule has 0 saturated heterocycles. The second-order valence-corrected chi connectivity index (χ2v) is 10.5. The molecule has 1 aliphatic heterocycles. The number of nitrogens with one attached hydrogen (secondary N) is 1. The van der Waals surface area contributed by atoms with E-state index in [2.05, 4.69) is 5.32 Å². The molecule has 2 aromatic carbocycles. The fourth-order valence-corrected chi connectivity index (χ4v) is 4.69. The van der Waals surface area contributed by atoms with Gasteiger partial charge in [0.1, 0.15) is 12.6 Å². The molecule has 2 aromatic rings. The number of anilines is 1. The Balaban J connectivity index is 1.93. The maximum Gasteiger partial charge on any atom is 0.244 e. The molecule has 0 fully saturated rings. The van der Waals surface area contributed by atoms with E-state index in [-0.39, 0.29) is 24.9 Å². The molecule has 2 amide bonds. The van der Waals surface area contributed by atoms with Crippen LogP contribution in [0.4, 0.5) is 5.69 Å². The fraction of sp³-hybridized carbons (Fsp3) is 0.417. The van der Waals surface area contributed by atoms with Crippen molar-refractivity contribution in [2.75, 3.05) is 30.4 Å². The van der Waals surface area contributed by atoms with Crippen LogP contribution in [0.5, 0.6) is 11.5 Å². The zero-order valence-electron chi connectivity index (χ0n) is 20.0. The molecule has 190 valence electrons. The van der Waals surface area contributed by atoms with Gasteiger partial charge >= 0.3 is 0 Å². The summed E-state index contributed by atoms with van der Waals surface area (Å²) in [7, 11) is -3.84. The van der Waals surface area contributed by atoms with Crippen LogP contribution in [0.3, 0.4) is 0 Å². The van der Waals surface area contributed by atoms with Gasteiger partial charge in [-0.25, -0.2) is 8.42 Å². The Kier molecular flexibility index (Phi) is 8.85. The number of sulfonamides is 1. The molecule has 9 nitrogen and oxygen atoms in total. The number of hydrogen-bond donors (Lipinski definition) is 1. The standard InChI is InChI=1S/C24H30ClN3O6S/c1-4-12-26-24(30)20(5-2)27(14-17-6-8-18(25)9-7-17)23(29)15-28(35(3,31)32)19-10-11-21-22(13-19)34-16-33-21/h6-11,13,20H,4-5,12,14-16H2,1-3H3,(H,26,30)/t20-/m1/s1. The lowest BCUT2D eigenvalue weighted by atomic mass is 10.1. The van der Waals surface area contributed by atoms with Crippen LogP contribution in [-0.4, -0.2) is 57.3 Å². The Labute approximate surface area is 211 Å². The Hall–Kier alpha value is -2.98. The first-order valence-electron chi connectivity index (χ1n) is 11.3. The Bertz CT molecular complexity index is 1160. The molecule has 1 aliphatic rings. The normalized spacial score (nSPS) is 13.3. The predicted octanol–water partition coefficient (Wildman–Crippen LogP) is 3.17. The van der Waals surface area contributed by atoms with Gasteiger partial charge in [-0.15, -0.1) is 0 Å². The van der Waals surface area contributed by atoms with Crippen LogP contribution in [0.2, 0.25) is 5.02 Å². The third-order valence-corrected chi connectivity index (χ3v) is 6.92. The van der Waals surface area contributed by atoms with Crippen molar-refractivity contribution in [2.45, 2.75) is 39.3 Å². The summed E-state index contributed by atoms with van der Waals surface area (Å²) >= 11 is 6.00. The summed E-state index contributed by atoms with van der Waals surface area (Å²) in [5, 5.41) is 3.39. The fourth-order valence-electron chi connectivity index (χ4n) is 3.73. The van der Waals surface area contributed by atoms with Gasteiger partial charge in [0.15, 0.2) is 11.5 Å². The second-order valence-electron chi connectivity index (χ2n) is 8.17. The predicted molar refractivity (Wildman–Crippen MR) is 134 cm³/mol. The van der Waals surface area contributed by atoms with Crippen LogP contribution in [0.25, 0.3) is 0 Å². The lowest BCUT2D eigenvalue weighted by Crippen LogP contribution is -2.52. The number of amides is 2. The minimum atomic E-state index is -3.84. The average Bonchev–Trinajstić information content (AvgIpc) is 3.29. The molecule has 1 N–H and O–H groups in total. The number of carbonyl (C=O) groups excluding carboxylic acids is 2. The van der Waals surface area contributed by atoms with Gasteiger partial charge in [0.25, 0.3) is 0 Å². The topological polar surface area (TPSA) is 105 Å². The largest absolute Gasteiger partial charge is 0.454 e. The molecule has 0 bridgehead atoms. The first kappa shape index (κ1) is 26.6. The summed E-state index contributed by atoms with van der Waals surface area (Å²) in [6, 6.07) is 10.8. The molecule has 0 radical (unpaired) electrons. The van der Waals surface area contributed by atoms with Gasteiger partial charge in [-0.1, -0.05) is 37.6 Å². The van der Waals surface area contributed by atoms with E-state index in [4.69, 9.17) is 21.1 Å². The summed E-state index contributed by atoms with van der Waals surface area (Å²) in [6.07, 6.45) is 2.14. The van der Waals surface area contributed by atoms with Crippen molar-refractivity contribution in [2.24, 2.45) is 0 Å². The summed E-state index contributed by atoms with van der Waals surface area (Å²) in [5.74, 6) is 0.0933. The van der Waals surface area contributed by atoms with E-state index in [0.717, 1.165) is 22.5 Å². The number of benzene rings is 2. The number of nitrogens with zero attached hydrogens (tertiary/aromatic N) is 2. The lowest BCUT2D eigenvalue weighted by molar-refractivity contribution is -0.140. The molecular weight excluding hydrogens is 494 g/mol. The Morgan fingerprint density at radius 2 is 1.77 bits per heavy atom. The molecule has 35 heavy (non-hydrogen) atoms. The van der Waals surface area contributed by atoms with Gasteiger partial charge in [0.05, 0.1) is 11.9 Å². The van der Waals surface area contributed by atoms with E-state index in [9.17, 15) is 18.0 Å². The highest BCUT2D eigenvalue weighted by atomic mass is 35.5. The van der Waals surface area contributed by atoms with Gasteiger partial charge in [-0.05, 0) is 42.7 Å². The highest BCUT2D eigenvalue weighted by molar-refractivity contribution is 7.92.